The molecule has 0 unspecified atom stereocenters. The van der Waals surface area contributed by atoms with Crippen LogP contribution >= 0.6 is 0 Å². The van der Waals surface area contributed by atoms with Crippen LogP contribution in [0.1, 0.15) is 23.0 Å². The molecule has 0 spiro atoms. The number of anilines is 1. The van der Waals surface area contributed by atoms with Crippen LogP contribution in [0.2, 0.25) is 0 Å². The molecule has 186 valence electrons. The molecule has 1 aromatic heterocycles. The molecule has 2 heterocycles. The first-order valence-corrected chi connectivity index (χ1v) is 12.3. The fourth-order valence-corrected chi connectivity index (χ4v) is 4.87. The van der Waals surface area contributed by atoms with Crippen molar-refractivity contribution in [2.75, 3.05) is 45.3 Å². The summed E-state index contributed by atoms with van der Waals surface area (Å²) in [4.78, 5) is 4.87. The van der Waals surface area contributed by atoms with Gasteiger partial charge in [-0.15, -0.1) is 5.10 Å². The first-order valence-electron chi connectivity index (χ1n) is 12.3. The zero-order chi connectivity index (χ0) is 24.7. The van der Waals surface area contributed by atoms with Crippen molar-refractivity contribution in [1.82, 2.24) is 25.1 Å². The van der Waals surface area contributed by atoms with Crippen molar-refractivity contribution in [2.24, 2.45) is 0 Å². The summed E-state index contributed by atoms with van der Waals surface area (Å²) in [6.45, 7) is 4.28. The highest BCUT2D eigenvalue weighted by atomic mass is 16.5. The molecule has 0 N–H and O–H groups in total. The fourth-order valence-electron chi connectivity index (χ4n) is 4.87. The molecule has 0 radical (unpaired) electrons. The Morgan fingerprint density at radius 1 is 0.806 bits per heavy atom. The molecule has 3 aromatic carbocycles. The third-order valence-corrected chi connectivity index (χ3v) is 6.81. The van der Waals surface area contributed by atoms with E-state index in [0.29, 0.717) is 6.54 Å². The van der Waals surface area contributed by atoms with Crippen LogP contribution in [0.3, 0.4) is 0 Å². The topological polar surface area (TPSA) is 68.5 Å². The average molecular weight is 485 g/mol. The lowest BCUT2D eigenvalue weighted by Gasteiger charge is -2.40. The lowest BCUT2D eigenvalue weighted by atomic mass is 10.0. The van der Waals surface area contributed by atoms with Gasteiger partial charge in [-0.2, -0.15) is 0 Å². The van der Waals surface area contributed by atoms with Crippen molar-refractivity contribution in [3.8, 4) is 11.5 Å². The summed E-state index contributed by atoms with van der Waals surface area (Å²) < 4.78 is 13.0. The van der Waals surface area contributed by atoms with Gasteiger partial charge in [-0.3, -0.25) is 4.90 Å². The molecule has 1 atom stereocenters. The van der Waals surface area contributed by atoms with Gasteiger partial charge < -0.3 is 14.4 Å². The van der Waals surface area contributed by atoms with Crippen molar-refractivity contribution >= 4 is 5.69 Å². The second kappa shape index (κ2) is 11.2. The molecule has 0 aliphatic carbocycles. The van der Waals surface area contributed by atoms with Crippen molar-refractivity contribution in [2.45, 2.75) is 19.0 Å². The van der Waals surface area contributed by atoms with Gasteiger partial charge >= 0.3 is 0 Å². The van der Waals surface area contributed by atoms with Crippen LogP contribution < -0.4 is 14.4 Å². The van der Waals surface area contributed by atoms with Gasteiger partial charge in [0.25, 0.3) is 0 Å². The van der Waals surface area contributed by atoms with E-state index in [-0.39, 0.29) is 6.04 Å². The quantitative estimate of drug-likeness (QED) is 0.358. The number of nitrogens with zero attached hydrogens (tertiary/aromatic N) is 6. The number of hydrogen-bond donors (Lipinski definition) is 0. The average Bonchev–Trinajstić information content (AvgIpc) is 3.41. The minimum absolute atomic E-state index is 0.107. The number of aromatic nitrogens is 4. The first kappa shape index (κ1) is 23.8. The minimum Gasteiger partial charge on any atom is -0.497 e. The van der Waals surface area contributed by atoms with Gasteiger partial charge in [0.05, 0.1) is 14.2 Å². The molecule has 0 saturated carbocycles. The minimum atomic E-state index is -0.107. The molecule has 1 aliphatic rings. The van der Waals surface area contributed by atoms with E-state index in [0.717, 1.165) is 55.5 Å². The Morgan fingerprint density at radius 2 is 1.53 bits per heavy atom. The summed E-state index contributed by atoms with van der Waals surface area (Å²) in [6, 6.07) is 26.8. The largest absolute Gasteiger partial charge is 0.497 e. The molecule has 1 saturated heterocycles. The molecule has 8 nitrogen and oxygen atoms in total. The van der Waals surface area contributed by atoms with Gasteiger partial charge in [0.2, 0.25) is 0 Å². The van der Waals surface area contributed by atoms with Gasteiger partial charge in [-0.25, -0.2) is 4.68 Å². The molecule has 4 aromatic rings. The van der Waals surface area contributed by atoms with Crippen LogP contribution in [-0.2, 0) is 13.0 Å². The van der Waals surface area contributed by atoms with Gasteiger partial charge in [-0.05, 0) is 52.7 Å². The second-order valence-electron chi connectivity index (χ2n) is 8.86. The maximum absolute atomic E-state index is 5.77. The predicted molar refractivity (Wildman–Crippen MR) is 140 cm³/mol. The predicted octanol–water partition coefficient (Wildman–Crippen LogP) is 3.84. The Hall–Kier alpha value is -3.91. The third kappa shape index (κ3) is 5.18. The number of para-hydroxylation sites is 1. The summed E-state index contributed by atoms with van der Waals surface area (Å²) in [5, 5.41) is 13.0. The van der Waals surface area contributed by atoms with E-state index in [1.165, 1.54) is 11.3 Å². The zero-order valence-corrected chi connectivity index (χ0v) is 20.8. The molecule has 0 bridgehead atoms. The molecular formula is C28H32N6O2. The van der Waals surface area contributed by atoms with Crippen molar-refractivity contribution in [3.63, 3.8) is 0 Å². The first-order chi connectivity index (χ1) is 17.8. The van der Waals surface area contributed by atoms with Crippen LogP contribution in [0.25, 0.3) is 0 Å². The summed E-state index contributed by atoms with van der Waals surface area (Å²) in [7, 11) is 3.41. The van der Waals surface area contributed by atoms with E-state index in [2.05, 4.69) is 73.9 Å². The van der Waals surface area contributed by atoms with Crippen LogP contribution in [0, 0.1) is 0 Å². The molecule has 5 rings (SSSR count). The SMILES string of the molecule is COc1ccc(N2CCN([C@H](c3ccccc3OC)c3nnnn3CCc3ccccc3)CC2)cc1. The molecule has 1 fully saturated rings. The standard InChI is InChI=1S/C28H32N6O2/c1-35-24-14-12-23(13-15-24)32-18-20-33(21-19-32)27(25-10-6-7-11-26(25)36-2)28-29-30-31-34(28)17-16-22-8-4-3-5-9-22/h3-15,27H,16-21H2,1-2H3/t27-/m1/s1. The maximum Gasteiger partial charge on any atom is 0.173 e. The number of rotatable bonds is 9. The molecule has 1 aliphatic heterocycles. The highest BCUT2D eigenvalue weighted by Crippen LogP contribution is 2.34. The second-order valence-corrected chi connectivity index (χ2v) is 8.86. The van der Waals surface area contributed by atoms with Crippen molar-refractivity contribution in [1.29, 1.82) is 0 Å². The Bertz CT molecular complexity index is 1240. The van der Waals surface area contributed by atoms with Crippen LogP contribution in [0.4, 0.5) is 5.69 Å². The maximum atomic E-state index is 5.77. The van der Waals surface area contributed by atoms with E-state index in [4.69, 9.17) is 9.47 Å². The molecule has 8 heteroatoms. The third-order valence-electron chi connectivity index (χ3n) is 6.81. The number of piperazine rings is 1. The number of methoxy groups -OCH3 is 2. The Labute approximate surface area is 212 Å². The summed E-state index contributed by atoms with van der Waals surface area (Å²) in [5.41, 5.74) is 3.55. The molecular weight excluding hydrogens is 452 g/mol. The van der Waals surface area contributed by atoms with E-state index in [1.54, 1.807) is 14.2 Å². The zero-order valence-electron chi connectivity index (χ0n) is 20.8. The van der Waals surface area contributed by atoms with Crippen molar-refractivity contribution in [3.05, 3.63) is 95.8 Å². The van der Waals surface area contributed by atoms with E-state index >= 15 is 0 Å². The van der Waals surface area contributed by atoms with Crippen molar-refractivity contribution < 1.29 is 9.47 Å². The lowest BCUT2D eigenvalue weighted by molar-refractivity contribution is 0.197. The van der Waals surface area contributed by atoms with Gasteiger partial charge in [-0.1, -0.05) is 48.5 Å². The Balaban J connectivity index is 1.39. The number of hydrogen-bond acceptors (Lipinski definition) is 7. The number of tetrazole rings is 1. The van der Waals surface area contributed by atoms with Gasteiger partial charge in [0.1, 0.15) is 17.5 Å². The number of benzene rings is 3. The highest BCUT2D eigenvalue weighted by molar-refractivity contribution is 5.49. The van der Waals surface area contributed by atoms with E-state index < -0.39 is 0 Å². The Kier molecular flexibility index (Phi) is 7.42. The van der Waals surface area contributed by atoms with E-state index in [1.807, 2.05) is 35.0 Å². The monoisotopic (exact) mass is 484 g/mol. The molecule has 36 heavy (non-hydrogen) atoms. The number of aryl methyl sites for hydroxylation is 2. The summed E-state index contributed by atoms with van der Waals surface area (Å²) >= 11 is 0. The number of ether oxygens (including phenoxy) is 2. The van der Waals surface area contributed by atoms with E-state index in [9.17, 15) is 0 Å². The highest BCUT2D eigenvalue weighted by Gasteiger charge is 2.32. The fraction of sp³-hybridized carbons (Fsp3) is 0.321. The lowest BCUT2D eigenvalue weighted by Crippen LogP contribution is -2.48. The Morgan fingerprint density at radius 3 is 2.25 bits per heavy atom. The molecule has 0 amide bonds. The van der Waals surface area contributed by atoms with Gasteiger partial charge in [0, 0.05) is 44.0 Å². The van der Waals surface area contributed by atoms with Crippen LogP contribution in [-0.4, -0.2) is 65.5 Å². The normalized spacial score (nSPS) is 15.0. The van der Waals surface area contributed by atoms with Crippen LogP contribution in [0.5, 0.6) is 11.5 Å². The van der Waals surface area contributed by atoms with Crippen LogP contribution in [0.15, 0.2) is 78.9 Å². The summed E-state index contributed by atoms with van der Waals surface area (Å²) in [6.07, 6.45) is 0.864. The van der Waals surface area contributed by atoms with Gasteiger partial charge in [0.15, 0.2) is 5.82 Å². The summed E-state index contributed by atoms with van der Waals surface area (Å²) in [5.74, 6) is 2.56. The smallest absolute Gasteiger partial charge is 0.173 e.